The lowest BCUT2D eigenvalue weighted by molar-refractivity contribution is -0.156. The highest BCUT2D eigenvalue weighted by Gasteiger charge is 2.70. The number of benzene rings is 1. The lowest BCUT2D eigenvalue weighted by atomic mass is 9.68. The highest BCUT2D eigenvalue weighted by Crippen LogP contribution is 2.68. The van der Waals surface area contributed by atoms with Crippen molar-refractivity contribution >= 4 is 52.5 Å². The van der Waals surface area contributed by atoms with Crippen LogP contribution in [0.25, 0.3) is 0 Å². The predicted octanol–water partition coefficient (Wildman–Crippen LogP) is 4.06. The quantitative estimate of drug-likeness (QED) is 0.562. The molecule has 0 unspecified atom stereocenters. The summed E-state index contributed by atoms with van der Waals surface area (Å²) in [5.41, 5.74) is 1.04. The monoisotopic (exact) mass is 532 g/mol. The maximum Gasteiger partial charge on any atom is 0.326 e. The van der Waals surface area contributed by atoms with Crippen molar-refractivity contribution in [2.45, 2.75) is 48.9 Å². The lowest BCUT2D eigenvalue weighted by Gasteiger charge is -2.43. The van der Waals surface area contributed by atoms with Crippen molar-refractivity contribution in [3.8, 4) is 0 Å². The number of fused-ring (bicyclic) bond motifs is 9. The molecule has 8 atom stereocenters. The van der Waals surface area contributed by atoms with Crippen molar-refractivity contribution < 1.29 is 19.5 Å². The molecule has 7 nitrogen and oxygen atoms in total. The standard InChI is InChI=1S/C25H25ClN2O5S2/c1-9(2)7-14(24(31)32)28-22(29)17-12-8-13(18(17)23(28)30)19-16(12)15(10-3-5-11(26)6-4-10)20-21(34-19)27-25(33)35-20/h3-6,9,12-19H,7-8H2,1-2H3,(H,27,33)(H,31,32)/t12-,13+,14-,15+,16+,17+,18+,19-/m1/s1. The molecule has 10 heteroatoms. The Morgan fingerprint density at radius 2 is 1.80 bits per heavy atom. The van der Waals surface area contributed by atoms with Gasteiger partial charge in [-0.05, 0) is 54.2 Å². The van der Waals surface area contributed by atoms with Crippen molar-refractivity contribution in [3.05, 3.63) is 49.4 Å². The van der Waals surface area contributed by atoms with E-state index in [-0.39, 0.29) is 57.9 Å². The number of carboxylic acids is 1. The minimum atomic E-state index is -1.13. The van der Waals surface area contributed by atoms with Gasteiger partial charge in [0.25, 0.3) is 0 Å². The fraction of sp³-hybridized carbons (Fsp3) is 0.520. The number of carbonyl (C=O) groups is 3. The highest BCUT2D eigenvalue weighted by molar-refractivity contribution is 8.00. The molecule has 184 valence electrons. The number of aliphatic carboxylic acids is 1. The third-order valence-corrected chi connectivity index (χ3v) is 11.1. The summed E-state index contributed by atoms with van der Waals surface area (Å²) in [5.74, 6) is -2.77. The van der Waals surface area contributed by atoms with Crippen LogP contribution >= 0.6 is 34.7 Å². The molecular formula is C25H25ClN2O5S2. The number of aromatic amines is 1. The van der Waals surface area contributed by atoms with Crippen LogP contribution in [-0.2, 0) is 14.4 Å². The predicted molar refractivity (Wildman–Crippen MR) is 133 cm³/mol. The molecule has 1 saturated heterocycles. The Balaban J connectivity index is 1.42. The molecular weight excluding hydrogens is 508 g/mol. The Bertz CT molecular complexity index is 1290. The number of amides is 2. The van der Waals surface area contributed by atoms with Crippen molar-refractivity contribution in [2.24, 2.45) is 35.5 Å². The minimum absolute atomic E-state index is 0.0266. The van der Waals surface area contributed by atoms with E-state index < -0.39 is 23.8 Å². The van der Waals surface area contributed by atoms with Crippen LogP contribution in [0, 0.1) is 35.5 Å². The van der Waals surface area contributed by atoms with Gasteiger partial charge in [0.15, 0.2) is 0 Å². The molecule has 2 aliphatic carbocycles. The van der Waals surface area contributed by atoms with E-state index in [4.69, 9.17) is 11.6 Å². The number of halogens is 1. The number of hydrogen-bond donors (Lipinski definition) is 2. The number of likely N-dealkylation sites (tertiary alicyclic amines) is 1. The van der Waals surface area contributed by atoms with E-state index in [1.54, 1.807) is 11.8 Å². The molecule has 2 bridgehead atoms. The van der Waals surface area contributed by atoms with Crippen molar-refractivity contribution in [3.63, 3.8) is 0 Å². The molecule has 35 heavy (non-hydrogen) atoms. The van der Waals surface area contributed by atoms with E-state index in [1.165, 1.54) is 11.3 Å². The summed E-state index contributed by atoms with van der Waals surface area (Å²) < 4.78 is 0. The number of hydrogen-bond acceptors (Lipinski definition) is 6. The number of nitrogens with one attached hydrogen (secondary N) is 1. The average molecular weight is 533 g/mol. The van der Waals surface area contributed by atoms with Crippen molar-refractivity contribution in [1.82, 2.24) is 9.88 Å². The number of thioether (sulfide) groups is 1. The first kappa shape index (κ1) is 23.3. The van der Waals surface area contributed by atoms with Gasteiger partial charge in [-0.15, -0.1) is 11.8 Å². The van der Waals surface area contributed by atoms with Crippen LogP contribution in [0.3, 0.4) is 0 Å². The van der Waals surface area contributed by atoms with Crippen LogP contribution in [0.15, 0.2) is 34.1 Å². The first-order valence-electron chi connectivity index (χ1n) is 11.9. The van der Waals surface area contributed by atoms with Gasteiger partial charge in [0, 0.05) is 21.1 Å². The number of nitrogens with zero attached hydrogens (tertiary/aromatic N) is 1. The van der Waals surface area contributed by atoms with Gasteiger partial charge in [0.05, 0.1) is 16.9 Å². The Morgan fingerprint density at radius 3 is 2.43 bits per heavy atom. The van der Waals surface area contributed by atoms with E-state index >= 15 is 0 Å². The number of thiazole rings is 1. The molecule has 0 radical (unpaired) electrons. The summed E-state index contributed by atoms with van der Waals surface area (Å²) in [7, 11) is 0. The van der Waals surface area contributed by atoms with E-state index in [9.17, 15) is 24.3 Å². The lowest BCUT2D eigenvalue weighted by Crippen LogP contribution is -2.47. The molecule has 6 rings (SSSR count). The molecule has 2 saturated carbocycles. The summed E-state index contributed by atoms with van der Waals surface area (Å²) in [5, 5.41) is 11.4. The van der Waals surface area contributed by atoms with Gasteiger partial charge in [-0.1, -0.05) is 48.9 Å². The number of imide groups is 1. The van der Waals surface area contributed by atoms with Crippen molar-refractivity contribution in [1.29, 1.82) is 0 Å². The number of rotatable bonds is 5. The maximum atomic E-state index is 13.7. The first-order valence-corrected chi connectivity index (χ1v) is 14.0. The molecule has 2 aromatic rings. The fourth-order valence-electron chi connectivity index (χ4n) is 7.15. The summed E-state index contributed by atoms with van der Waals surface area (Å²) in [6.45, 7) is 3.79. The molecule has 2 aliphatic heterocycles. The number of H-pyrrole nitrogens is 1. The van der Waals surface area contributed by atoms with Gasteiger partial charge < -0.3 is 10.1 Å². The Labute approximate surface area is 215 Å². The van der Waals surface area contributed by atoms with Crippen LogP contribution < -0.4 is 4.87 Å². The van der Waals surface area contributed by atoms with Crippen LogP contribution in [0.1, 0.15) is 43.0 Å². The van der Waals surface area contributed by atoms with Crippen LogP contribution in [0.2, 0.25) is 5.02 Å². The summed E-state index contributed by atoms with van der Waals surface area (Å²) in [6.07, 6.45) is 1.02. The highest BCUT2D eigenvalue weighted by atomic mass is 35.5. The normalized spacial score (nSPS) is 33.7. The largest absolute Gasteiger partial charge is 0.480 e. The SMILES string of the molecule is CC(C)C[C@H](C(=O)O)N1C(=O)[C@H]2[C@@H]3C[C@@H]([C@@H]2C1=O)[C@H]1[C@H](c2ccc(Cl)cc2)c2sc(=O)[nH]c2S[C@H]31. The maximum absolute atomic E-state index is 13.7. The average Bonchev–Trinajstić information content (AvgIpc) is 3.52. The number of aromatic nitrogens is 1. The Hall–Kier alpha value is -2.10. The van der Waals surface area contributed by atoms with Gasteiger partial charge in [-0.25, -0.2) is 4.79 Å². The molecule has 2 amide bonds. The second-order valence-corrected chi connectivity index (χ2v) is 13.2. The third-order valence-electron chi connectivity index (χ3n) is 8.28. The van der Waals surface area contributed by atoms with Gasteiger partial charge in [0.2, 0.25) is 11.8 Å². The van der Waals surface area contributed by atoms with E-state index in [0.717, 1.165) is 26.8 Å². The molecule has 3 fully saturated rings. The van der Waals surface area contributed by atoms with Gasteiger partial charge in [0.1, 0.15) is 6.04 Å². The van der Waals surface area contributed by atoms with Crippen LogP contribution in [-0.4, -0.2) is 44.1 Å². The number of carbonyl (C=O) groups excluding carboxylic acids is 2. The zero-order chi connectivity index (χ0) is 24.8. The molecule has 0 spiro atoms. The van der Waals surface area contributed by atoms with Crippen molar-refractivity contribution in [2.75, 3.05) is 0 Å². The Morgan fingerprint density at radius 1 is 1.14 bits per heavy atom. The fourth-order valence-corrected chi connectivity index (χ4v) is 10.2. The van der Waals surface area contributed by atoms with Gasteiger partial charge in [-0.3, -0.25) is 19.3 Å². The topological polar surface area (TPSA) is 108 Å². The first-order chi connectivity index (χ1) is 16.7. The zero-order valence-corrected chi connectivity index (χ0v) is 21.5. The van der Waals surface area contributed by atoms with E-state index in [1.807, 2.05) is 38.1 Å². The second-order valence-electron chi connectivity index (χ2n) is 10.5. The van der Waals surface area contributed by atoms with Crippen LogP contribution in [0.4, 0.5) is 0 Å². The van der Waals surface area contributed by atoms with E-state index in [2.05, 4.69) is 4.98 Å². The number of carboxylic acid groups (broad SMARTS) is 1. The van der Waals surface area contributed by atoms with Gasteiger partial charge >= 0.3 is 10.8 Å². The van der Waals surface area contributed by atoms with E-state index in [0.29, 0.717) is 5.02 Å². The Kier molecular flexibility index (Phi) is 5.47. The minimum Gasteiger partial charge on any atom is -0.480 e. The summed E-state index contributed by atoms with van der Waals surface area (Å²) >= 11 is 8.98. The van der Waals surface area contributed by atoms with Crippen LogP contribution in [0.5, 0.6) is 0 Å². The molecule has 1 aromatic carbocycles. The molecule has 1 aromatic heterocycles. The third kappa shape index (κ3) is 3.38. The van der Waals surface area contributed by atoms with Gasteiger partial charge in [-0.2, -0.15) is 0 Å². The summed E-state index contributed by atoms with van der Waals surface area (Å²) in [4.78, 5) is 56.6. The molecule has 2 N–H and O–H groups in total. The second kappa shape index (κ2) is 8.21. The zero-order valence-electron chi connectivity index (χ0n) is 19.1. The molecule has 3 heterocycles. The molecule has 4 aliphatic rings. The smallest absolute Gasteiger partial charge is 0.326 e. The summed E-state index contributed by atoms with van der Waals surface area (Å²) in [6, 6.07) is 6.52.